The molecule has 2 aliphatic heterocycles. The third-order valence-electron chi connectivity index (χ3n) is 5.72. The minimum absolute atomic E-state index is 0.0970. The number of rotatable bonds is 7. The van der Waals surface area contributed by atoms with Gasteiger partial charge in [0.15, 0.2) is 11.5 Å². The number of aromatic amines is 1. The molecular weight excluding hydrogens is 541 g/mol. The second kappa shape index (κ2) is 12.7. The highest BCUT2D eigenvalue weighted by Gasteiger charge is 2.38. The fourth-order valence-electron chi connectivity index (χ4n) is 3.86. The zero-order valence-corrected chi connectivity index (χ0v) is 21.3. The molecule has 0 aliphatic carbocycles. The number of nitrogens with zero attached hydrogens (tertiary/aromatic N) is 3. The van der Waals surface area contributed by atoms with Crippen LogP contribution in [0.25, 0.3) is 11.0 Å². The van der Waals surface area contributed by atoms with Gasteiger partial charge in [-0.25, -0.2) is 4.79 Å². The van der Waals surface area contributed by atoms with Gasteiger partial charge in [0.1, 0.15) is 24.7 Å². The summed E-state index contributed by atoms with van der Waals surface area (Å²) in [6, 6.07) is 5.46. The first kappa shape index (κ1) is 28.7. The van der Waals surface area contributed by atoms with Crippen LogP contribution < -0.4 is 20.1 Å². The van der Waals surface area contributed by atoms with Crippen molar-refractivity contribution < 1.29 is 46.8 Å². The van der Waals surface area contributed by atoms with E-state index in [2.05, 4.69) is 25.6 Å². The number of nitrogens with one attached hydrogen (secondary N) is 3. The molecule has 0 saturated carbocycles. The lowest BCUT2D eigenvalue weighted by atomic mass is 10.1. The van der Waals surface area contributed by atoms with E-state index in [9.17, 15) is 18.0 Å². The van der Waals surface area contributed by atoms with Crippen LogP contribution in [0.1, 0.15) is 10.4 Å². The van der Waals surface area contributed by atoms with Crippen LogP contribution in [0.2, 0.25) is 0 Å². The van der Waals surface area contributed by atoms with E-state index in [0.717, 1.165) is 5.39 Å². The van der Waals surface area contributed by atoms with Crippen molar-refractivity contribution in [3.63, 3.8) is 0 Å². The van der Waals surface area contributed by atoms with Gasteiger partial charge in [-0.1, -0.05) is 0 Å². The lowest BCUT2D eigenvalue weighted by Crippen LogP contribution is -2.41. The summed E-state index contributed by atoms with van der Waals surface area (Å²) in [5.41, 5.74) is 1.79. The number of aromatic nitrogens is 3. The molecule has 1 saturated heterocycles. The van der Waals surface area contributed by atoms with Gasteiger partial charge < -0.3 is 44.6 Å². The zero-order valence-electron chi connectivity index (χ0n) is 21.3. The maximum atomic E-state index is 13.1. The summed E-state index contributed by atoms with van der Waals surface area (Å²) in [6.45, 7) is 4.09. The Balaban J connectivity index is 0.000000470. The molecule has 40 heavy (non-hydrogen) atoms. The molecule has 4 heterocycles. The number of methoxy groups -OCH3 is 1. The number of amides is 1. The number of carbonyl (C=O) groups is 2. The Morgan fingerprint density at radius 2 is 1.80 bits per heavy atom. The largest absolute Gasteiger partial charge is 0.490 e. The van der Waals surface area contributed by atoms with E-state index in [0.29, 0.717) is 92.8 Å². The van der Waals surface area contributed by atoms with Crippen molar-refractivity contribution in [2.24, 2.45) is 0 Å². The minimum Gasteiger partial charge on any atom is -0.485 e. The number of benzene rings is 1. The average Bonchev–Trinajstić information content (AvgIpc) is 3.42. The smallest absolute Gasteiger partial charge is 0.485 e. The van der Waals surface area contributed by atoms with Gasteiger partial charge in [0.25, 0.3) is 5.91 Å². The van der Waals surface area contributed by atoms with Crippen molar-refractivity contribution in [2.75, 3.05) is 70.4 Å². The van der Waals surface area contributed by atoms with Gasteiger partial charge in [0, 0.05) is 32.9 Å². The number of alkyl halides is 3. The van der Waals surface area contributed by atoms with Gasteiger partial charge in [0.2, 0.25) is 5.95 Å². The minimum atomic E-state index is -5.08. The lowest BCUT2D eigenvalue weighted by molar-refractivity contribution is -0.192. The van der Waals surface area contributed by atoms with E-state index in [1.54, 1.807) is 24.1 Å². The Kier molecular flexibility index (Phi) is 9.11. The summed E-state index contributed by atoms with van der Waals surface area (Å²) in [6.07, 6.45) is -3.27. The first-order chi connectivity index (χ1) is 19.2. The number of carbonyl (C=O) groups excluding carboxylic acids is 1. The van der Waals surface area contributed by atoms with Crippen molar-refractivity contribution in [3.05, 3.63) is 30.0 Å². The molecule has 2 aromatic heterocycles. The molecule has 0 radical (unpaired) electrons. The number of hydrogen-bond donors (Lipinski definition) is 4. The van der Waals surface area contributed by atoms with Crippen LogP contribution in [0.5, 0.6) is 11.5 Å². The Hall–Kier alpha value is -4.31. The molecule has 4 N–H and O–H groups in total. The summed E-state index contributed by atoms with van der Waals surface area (Å²) in [7, 11) is 1.65. The van der Waals surface area contributed by atoms with Crippen molar-refractivity contribution in [1.82, 2.24) is 19.9 Å². The summed E-state index contributed by atoms with van der Waals surface area (Å²) >= 11 is 0. The van der Waals surface area contributed by atoms with Crippen LogP contribution in [-0.2, 0) is 14.3 Å². The highest BCUT2D eigenvalue weighted by Crippen LogP contribution is 2.42. The summed E-state index contributed by atoms with van der Waals surface area (Å²) in [4.78, 5) is 36.1. The molecule has 2 aliphatic rings. The average molecular weight is 569 g/mol. The molecule has 1 fully saturated rings. The molecule has 0 unspecified atom stereocenters. The summed E-state index contributed by atoms with van der Waals surface area (Å²) in [5.74, 6) is -0.876. The first-order valence-electron chi connectivity index (χ1n) is 12.1. The number of ether oxygens (including phenoxy) is 4. The van der Waals surface area contributed by atoms with Crippen LogP contribution in [0.15, 0.2) is 24.4 Å². The number of carboxylic acids is 1. The van der Waals surface area contributed by atoms with Crippen LogP contribution in [0.4, 0.5) is 30.6 Å². The third kappa shape index (κ3) is 6.81. The van der Waals surface area contributed by atoms with E-state index >= 15 is 0 Å². The Morgan fingerprint density at radius 1 is 1.10 bits per heavy atom. The number of fused-ring (bicyclic) bond motifs is 2. The van der Waals surface area contributed by atoms with Gasteiger partial charge in [-0.15, -0.1) is 0 Å². The van der Waals surface area contributed by atoms with Crippen LogP contribution in [0, 0.1) is 0 Å². The summed E-state index contributed by atoms with van der Waals surface area (Å²) in [5, 5.41) is 14.5. The number of H-pyrrole nitrogens is 1. The zero-order chi connectivity index (χ0) is 28.7. The van der Waals surface area contributed by atoms with E-state index < -0.39 is 12.1 Å². The number of carboxylic acid groups (broad SMARTS) is 1. The van der Waals surface area contributed by atoms with Gasteiger partial charge in [-0.05, 0) is 18.2 Å². The number of hydrogen-bond acceptors (Lipinski definition) is 10. The van der Waals surface area contributed by atoms with Crippen molar-refractivity contribution in [1.29, 1.82) is 0 Å². The van der Waals surface area contributed by atoms with E-state index in [4.69, 9.17) is 28.8 Å². The molecule has 0 spiro atoms. The number of anilines is 3. The highest BCUT2D eigenvalue weighted by molar-refractivity contribution is 5.99. The Morgan fingerprint density at radius 3 is 2.48 bits per heavy atom. The van der Waals surface area contributed by atoms with Crippen molar-refractivity contribution in [2.45, 2.75) is 6.18 Å². The molecule has 1 amide bonds. The van der Waals surface area contributed by atoms with Crippen molar-refractivity contribution in [3.8, 4) is 11.5 Å². The Bertz CT molecular complexity index is 1340. The van der Waals surface area contributed by atoms with Crippen LogP contribution in [0.3, 0.4) is 0 Å². The SMILES string of the molecule is COCCNc1nc(Nc2ccc(C(=O)N3CCOCC3)c3c2OCCO3)nc2[nH]ccc12.O=C(O)C(F)(F)F. The first-order valence-corrected chi connectivity index (χ1v) is 12.1. The molecule has 0 bridgehead atoms. The van der Waals surface area contributed by atoms with Crippen molar-refractivity contribution >= 4 is 40.4 Å². The molecule has 5 rings (SSSR count). The maximum absolute atomic E-state index is 13.1. The predicted molar refractivity (Wildman–Crippen MR) is 135 cm³/mol. The molecule has 216 valence electrons. The van der Waals surface area contributed by atoms with Crippen LogP contribution >= 0.6 is 0 Å². The topological polar surface area (TPSA) is 160 Å². The predicted octanol–water partition coefficient (Wildman–Crippen LogP) is 2.64. The molecule has 1 aromatic carbocycles. The van der Waals surface area contributed by atoms with Gasteiger partial charge in [-0.3, -0.25) is 4.79 Å². The molecule has 13 nitrogen and oxygen atoms in total. The van der Waals surface area contributed by atoms with E-state index in [1.807, 2.05) is 12.3 Å². The van der Waals surface area contributed by atoms with E-state index in [1.165, 1.54) is 0 Å². The van der Waals surface area contributed by atoms with E-state index in [-0.39, 0.29) is 5.91 Å². The summed E-state index contributed by atoms with van der Waals surface area (Å²) < 4.78 is 54.0. The monoisotopic (exact) mass is 568 g/mol. The Labute approximate surface area is 225 Å². The van der Waals surface area contributed by atoms with Crippen LogP contribution in [-0.4, -0.2) is 103 Å². The lowest BCUT2D eigenvalue weighted by Gasteiger charge is -2.29. The number of halogens is 3. The highest BCUT2D eigenvalue weighted by atomic mass is 19.4. The van der Waals surface area contributed by atoms with Gasteiger partial charge in [0.05, 0.1) is 36.5 Å². The number of aliphatic carboxylic acids is 1. The molecule has 0 atom stereocenters. The second-order valence-electron chi connectivity index (χ2n) is 8.40. The second-order valence-corrected chi connectivity index (χ2v) is 8.40. The standard InChI is InChI=1S/C22H26N6O5.C2HF3O2/c1-30-9-6-24-20-15-4-5-23-19(15)26-22(27-20)25-16-3-2-14(17-18(16)33-13-12-32-17)21(29)28-7-10-31-11-8-28;3-2(4,5)1(6)7/h2-5H,6-13H2,1H3,(H3,23,24,25,26,27);(H,6,7). The fraction of sp³-hybridized carbons (Fsp3) is 0.417. The number of morpholine rings is 1. The van der Waals surface area contributed by atoms with Gasteiger partial charge >= 0.3 is 12.1 Å². The molecular formula is C24H27F3N6O7. The van der Waals surface area contributed by atoms with Gasteiger partial charge in [-0.2, -0.15) is 23.1 Å². The third-order valence-corrected chi connectivity index (χ3v) is 5.72. The normalized spacial score (nSPS) is 14.8. The molecule has 16 heteroatoms. The maximum Gasteiger partial charge on any atom is 0.490 e. The quantitative estimate of drug-likeness (QED) is 0.310. The fourth-order valence-corrected chi connectivity index (χ4v) is 3.86. The molecule has 3 aromatic rings.